The van der Waals surface area contributed by atoms with Crippen LogP contribution in [0, 0.1) is 12.7 Å². The Morgan fingerprint density at radius 2 is 2.09 bits per heavy atom. The van der Waals surface area contributed by atoms with Gasteiger partial charge in [-0.3, -0.25) is 4.98 Å². The highest BCUT2D eigenvalue weighted by Gasteiger charge is 2.12. The quantitative estimate of drug-likeness (QED) is 0.884. The summed E-state index contributed by atoms with van der Waals surface area (Å²) in [6.07, 6.45) is 2.67. The largest absolute Gasteiger partial charge is 0.472 e. The Labute approximate surface area is 130 Å². The molecule has 0 aliphatic heterocycles. The average Bonchev–Trinajstić information content (AvgIpc) is 2.53. The van der Waals surface area contributed by atoms with Gasteiger partial charge in [-0.25, -0.2) is 23.1 Å². The molecule has 0 unspecified atom stereocenters. The van der Waals surface area contributed by atoms with Crippen LogP contribution in [0.5, 0.6) is 5.88 Å². The average molecular weight is 325 g/mol. The number of aryl methyl sites for hydroxylation is 1. The van der Waals surface area contributed by atoms with E-state index in [4.69, 9.17) is 9.84 Å². The van der Waals surface area contributed by atoms with E-state index in [0.717, 1.165) is 6.20 Å². The number of halogens is 3. The van der Waals surface area contributed by atoms with Crippen LogP contribution in [0.15, 0.2) is 24.5 Å². The van der Waals surface area contributed by atoms with Crippen LogP contribution < -0.4 is 4.74 Å². The number of aliphatic hydroxyl groups is 1. The zero-order valence-electron chi connectivity index (χ0n) is 12.2. The van der Waals surface area contributed by atoms with E-state index in [1.165, 1.54) is 18.3 Å². The lowest BCUT2D eigenvalue weighted by molar-refractivity contribution is 0.0795. The van der Waals surface area contributed by atoms with Gasteiger partial charge in [0.15, 0.2) is 12.4 Å². The first-order valence-electron chi connectivity index (χ1n) is 6.69. The Balaban J connectivity index is 2.31. The summed E-state index contributed by atoms with van der Waals surface area (Å²) in [4.78, 5) is 12.0. The molecule has 122 valence electrons. The molecule has 0 aromatic carbocycles. The maximum absolute atomic E-state index is 13.9. The van der Waals surface area contributed by atoms with Gasteiger partial charge in [0.1, 0.15) is 0 Å². The van der Waals surface area contributed by atoms with E-state index in [0.29, 0.717) is 11.4 Å². The van der Waals surface area contributed by atoms with Crippen molar-refractivity contribution in [3.63, 3.8) is 0 Å². The molecular formula is C15H14F3N3O2. The molecule has 0 saturated heterocycles. The summed E-state index contributed by atoms with van der Waals surface area (Å²) >= 11 is 0. The highest BCUT2D eigenvalue weighted by Crippen LogP contribution is 2.24. The van der Waals surface area contributed by atoms with E-state index in [2.05, 4.69) is 15.0 Å². The van der Waals surface area contributed by atoms with Gasteiger partial charge < -0.3 is 9.84 Å². The Kier molecular flexibility index (Phi) is 5.64. The van der Waals surface area contributed by atoms with Crippen LogP contribution in [0.2, 0.25) is 0 Å². The van der Waals surface area contributed by atoms with Crippen LogP contribution in [-0.2, 0) is 0 Å². The van der Waals surface area contributed by atoms with E-state index in [1.54, 1.807) is 13.0 Å². The van der Waals surface area contributed by atoms with E-state index in [9.17, 15) is 13.2 Å². The summed E-state index contributed by atoms with van der Waals surface area (Å²) in [6.45, 7) is 0.723. The molecule has 23 heavy (non-hydrogen) atoms. The van der Waals surface area contributed by atoms with Crippen molar-refractivity contribution in [1.29, 1.82) is 0 Å². The standard InChI is InChI=1S/C15H14F3N3O2/c1-9-12(3-2-4-22)19-7-13(21-9)10-5-15(20-6-11(10)16)23-8-14(17)18/h2-3,5-7,14,22H,4,8H2,1H3. The third kappa shape index (κ3) is 4.49. The number of hydrogen-bond acceptors (Lipinski definition) is 5. The maximum atomic E-state index is 13.9. The van der Waals surface area contributed by atoms with Crippen LogP contribution in [0.3, 0.4) is 0 Å². The molecule has 0 atom stereocenters. The van der Waals surface area contributed by atoms with Crippen molar-refractivity contribution in [2.75, 3.05) is 13.2 Å². The Hall–Kier alpha value is -2.48. The van der Waals surface area contributed by atoms with Gasteiger partial charge in [-0.1, -0.05) is 6.08 Å². The SMILES string of the molecule is Cc1nc(-c2cc(OCC(F)F)ncc2F)cnc1C=CCO. The summed E-state index contributed by atoms with van der Waals surface area (Å²) in [5, 5.41) is 8.75. The minimum absolute atomic E-state index is 0.0533. The minimum atomic E-state index is -2.65. The van der Waals surface area contributed by atoms with Crippen LogP contribution in [-0.4, -0.2) is 39.7 Å². The van der Waals surface area contributed by atoms with Crippen molar-refractivity contribution in [2.24, 2.45) is 0 Å². The van der Waals surface area contributed by atoms with Gasteiger partial charge in [-0.05, 0) is 13.0 Å². The molecule has 0 aliphatic rings. The van der Waals surface area contributed by atoms with Crippen molar-refractivity contribution in [3.05, 3.63) is 41.7 Å². The van der Waals surface area contributed by atoms with Gasteiger partial charge in [-0.15, -0.1) is 0 Å². The lowest BCUT2D eigenvalue weighted by Gasteiger charge is -2.08. The monoisotopic (exact) mass is 325 g/mol. The Morgan fingerprint density at radius 3 is 2.74 bits per heavy atom. The highest BCUT2D eigenvalue weighted by atomic mass is 19.3. The van der Waals surface area contributed by atoms with E-state index < -0.39 is 18.8 Å². The summed E-state index contributed by atoms with van der Waals surface area (Å²) < 4.78 is 43.0. The molecule has 0 aliphatic carbocycles. The Bertz CT molecular complexity index is 708. The number of ether oxygens (including phenoxy) is 1. The van der Waals surface area contributed by atoms with Crippen LogP contribution in [0.4, 0.5) is 13.2 Å². The van der Waals surface area contributed by atoms with Gasteiger partial charge in [0.05, 0.1) is 36.1 Å². The molecular weight excluding hydrogens is 311 g/mol. The predicted octanol–water partition coefficient (Wildman–Crippen LogP) is 2.64. The molecule has 2 aromatic rings. The van der Waals surface area contributed by atoms with Crippen LogP contribution in [0.1, 0.15) is 11.4 Å². The van der Waals surface area contributed by atoms with Crippen molar-refractivity contribution >= 4 is 6.08 Å². The molecule has 1 N–H and O–H groups in total. The lowest BCUT2D eigenvalue weighted by atomic mass is 10.2. The number of pyridine rings is 1. The zero-order chi connectivity index (χ0) is 16.8. The van der Waals surface area contributed by atoms with Crippen molar-refractivity contribution in [3.8, 4) is 17.1 Å². The van der Waals surface area contributed by atoms with Crippen LogP contribution >= 0.6 is 0 Å². The molecule has 0 fully saturated rings. The summed E-state index contributed by atoms with van der Waals surface area (Å²) in [7, 11) is 0. The number of hydrogen-bond donors (Lipinski definition) is 1. The number of aromatic nitrogens is 3. The molecule has 0 spiro atoms. The third-order valence-electron chi connectivity index (χ3n) is 2.83. The summed E-state index contributed by atoms with van der Waals surface area (Å²) in [5.41, 5.74) is 1.34. The molecule has 2 aromatic heterocycles. The third-order valence-corrected chi connectivity index (χ3v) is 2.83. The lowest BCUT2D eigenvalue weighted by Crippen LogP contribution is -2.08. The molecule has 5 nitrogen and oxygen atoms in total. The zero-order valence-corrected chi connectivity index (χ0v) is 12.2. The molecule has 0 amide bonds. The summed E-state index contributed by atoms with van der Waals surface area (Å²) in [5.74, 6) is -0.785. The fourth-order valence-electron chi connectivity index (χ4n) is 1.79. The number of nitrogens with zero attached hydrogens (tertiary/aromatic N) is 3. The van der Waals surface area contributed by atoms with Gasteiger partial charge in [-0.2, -0.15) is 0 Å². The number of aliphatic hydroxyl groups excluding tert-OH is 1. The van der Waals surface area contributed by atoms with E-state index >= 15 is 0 Å². The van der Waals surface area contributed by atoms with Crippen molar-refractivity contribution < 1.29 is 23.0 Å². The number of rotatable bonds is 6. The van der Waals surface area contributed by atoms with Crippen molar-refractivity contribution in [2.45, 2.75) is 13.3 Å². The first kappa shape index (κ1) is 16.9. The Morgan fingerprint density at radius 1 is 1.30 bits per heavy atom. The normalized spacial score (nSPS) is 11.4. The molecule has 2 rings (SSSR count). The fourth-order valence-corrected chi connectivity index (χ4v) is 1.79. The molecule has 0 bridgehead atoms. The summed E-state index contributed by atoms with van der Waals surface area (Å²) in [6, 6.07) is 1.20. The molecule has 8 heteroatoms. The van der Waals surface area contributed by atoms with E-state index in [1.807, 2.05) is 0 Å². The fraction of sp³-hybridized carbons (Fsp3) is 0.267. The molecule has 0 saturated carbocycles. The van der Waals surface area contributed by atoms with Crippen LogP contribution in [0.25, 0.3) is 17.3 Å². The maximum Gasteiger partial charge on any atom is 0.272 e. The number of alkyl halides is 2. The first-order chi connectivity index (χ1) is 11.0. The second kappa shape index (κ2) is 7.68. The van der Waals surface area contributed by atoms with E-state index in [-0.39, 0.29) is 23.7 Å². The van der Waals surface area contributed by atoms with Gasteiger partial charge >= 0.3 is 0 Å². The highest BCUT2D eigenvalue weighted by molar-refractivity contribution is 5.61. The molecule has 2 heterocycles. The smallest absolute Gasteiger partial charge is 0.272 e. The first-order valence-corrected chi connectivity index (χ1v) is 6.69. The van der Waals surface area contributed by atoms with Gasteiger partial charge in [0.25, 0.3) is 6.43 Å². The predicted molar refractivity (Wildman–Crippen MR) is 77.6 cm³/mol. The topological polar surface area (TPSA) is 68.1 Å². The van der Waals surface area contributed by atoms with Gasteiger partial charge in [0.2, 0.25) is 5.88 Å². The molecule has 0 radical (unpaired) electrons. The second-order valence-corrected chi connectivity index (χ2v) is 4.52. The minimum Gasteiger partial charge on any atom is -0.472 e. The van der Waals surface area contributed by atoms with Gasteiger partial charge in [0, 0.05) is 11.6 Å². The van der Waals surface area contributed by atoms with Crippen molar-refractivity contribution in [1.82, 2.24) is 15.0 Å². The second-order valence-electron chi connectivity index (χ2n) is 4.52.